The number of aromatic nitrogens is 1. The molecular weight excluding hydrogens is 454 g/mol. The fourth-order valence-electron chi connectivity index (χ4n) is 2.99. The van der Waals surface area contributed by atoms with Gasteiger partial charge in [0, 0.05) is 18.7 Å². The molecule has 1 fully saturated rings. The van der Waals surface area contributed by atoms with Crippen LogP contribution >= 0.6 is 11.3 Å². The Bertz CT molecular complexity index is 1070. The van der Waals surface area contributed by atoms with E-state index in [1.165, 1.54) is 16.4 Å². The van der Waals surface area contributed by atoms with Gasteiger partial charge in [0.2, 0.25) is 10.0 Å². The fourth-order valence-corrected chi connectivity index (χ4v) is 5.30. The van der Waals surface area contributed by atoms with E-state index in [2.05, 4.69) is 10.3 Å². The van der Waals surface area contributed by atoms with E-state index in [1.54, 1.807) is 19.1 Å². The van der Waals surface area contributed by atoms with Gasteiger partial charge in [0.15, 0.2) is 10.9 Å². The van der Waals surface area contributed by atoms with Gasteiger partial charge in [-0.3, -0.25) is 4.79 Å². The number of hydrogen-bond donors (Lipinski definition) is 1. The summed E-state index contributed by atoms with van der Waals surface area (Å²) in [7, 11) is -3.69. The topological polar surface area (TPSA) is 115 Å². The number of thiazole rings is 1. The Morgan fingerprint density at radius 1 is 1.28 bits per heavy atom. The molecule has 2 heterocycles. The smallest absolute Gasteiger partial charge is 0.350 e. The molecule has 32 heavy (non-hydrogen) atoms. The molecule has 2 aromatic rings. The molecule has 1 aliphatic heterocycles. The zero-order valence-corrected chi connectivity index (χ0v) is 19.9. The number of sulfonamides is 1. The summed E-state index contributed by atoms with van der Waals surface area (Å²) in [4.78, 5) is 29.6. The Morgan fingerprint density at radius 3 is 2.69 bits per heavy atom. The third-order valence-electron chi connectivity index (χ3n) is 4.69. The molecule has 174 valence electrons. The summed E-state index contributed by atoms with van der Waals surface area (Å²) < 4.78 is 37.5. The Balaban J connectivity index is 1.65. The highest BCUT2D eigenvalue weighted by Crippen LogP contribution is 2.24. The number of esters is 1. The molecule has 1 N–H and O–H groups in total. The summed E-state index contributed by atoms with van der Waals surface area (Å²) in [6, 6.07) is 5.99. The number of rotatable bonds is 9. The maximum atomic E-state index is 12.8. The first-order valence-corrected chi connectivity index (χ1v) is 12.5. The van der Waals surface area contributed by atoms with Crippen molar-refractivity contribution in [3.8, 4) is 0 Å². The standard InChI is InChI=1S/C21H27N3O6S2/c1-14(2)13-30-20(26)19-15(3)23-21(31-19)22-12-18(25)16-5-4-6-17(11-16)32(27,28)24-7-9-29-10-8-24/h4-6,11,14H,7-10,12-13H2,1-3H3,(H,22,23). The average Bonchev–Trinajstić information content (AvgIpc) is 3.17. The van der Waals surface area contributed by atoms with Crippen LogP contribution in [0.4, 0.5) is 5.13 Å². The number of ketones is 1. The van der Waals surface area contributed by atoms with Crippen LogP contribution in [-0.4, -0.2) is 68.9 Å². The van der Waals surface area contributed by atoms with Gasteiger partial charge in [-0.1, -0.05) is 37.3 Å². The molecule has 0 amide bonds. The molecule has 0 saturated carbocycles. The van der Waals surface area contributed by atoms with Crippen molar-refractivity contribution in [2.75, 3.05) is 44.8 Å². The Morgan fingerprint density at radius 2 is 2.00 bits per heavy atom. The number of carbonyl (C=O) groups is 2. The number of nitrogens with zero attached hydrogens (tertiary/aromatic N) is 2. The van der Waals surface area contributed by atoms with Crippen molar-refractivity contribution in [3.05, 3.63) is 40.4 Å². The molecule has 0 unspecified atom stereocenters. The first-order valence-electron chi connectivity index (χ1n) is 10.3. The molecule has 3 rings (SSSR count). The highest BCUT2D eigenvalue weighted by Gasteiger charge is 2.27. The van der Waals surface area contributed by atoms with Crippen LogP contribution in [-0.2, 0) is 19.5 Å². The molecule has 11 heteroatoms. The Hall–Kier alpha value is -2.34. The molecule has 1 aromatic carbocycles. The van der Waals surface area contributed by atoms with Crippen molar-refractivity contribution in [1.82, 2.24) is 9.29 Å². The summed E-state index contributed by atoms with van der Waals surface area (Å²) in [5.74, 6) is -0.500. The predicted octanol–water partition coefficient (Wildman–Crippen LogP) is 2.58. The number of benzene rings is 1. The Labute approximate surface area is 191 Å². The van der Waals surface area contributed by atoms with E-state index in [9.17, 15) is 18.0 Å². The number of anilines is 1. The molecular formula is C21H27N3O6S2. The number of carbonyl (C=O) groups excluding carboxylic acids is 2. The van der Waals surface area contributed by atoms with Crippen LogP contribution in [0.25, 0.3) is 0 Å². The molecule has 1 saturated heterocycles. The van der Waals surface area contributed by atoms with Crippen LogP contribution in [0.2, 0.25) is 0 Å². The van der Waals surface area contributed by atoms with Gasteiger partial charge in [-0.05, 0) is 25.0 Å². The summed E-state index contributed by atoms with van der Waals surface area (Å²) in [6.07, 6.45) is 0. The third kappa shape index (κ3) is 5.91. The summed E-state index contributed by atoms with van der Waals surface area (Å²) in [5, 5.41) is 3.34. The first-order chi connectivity index (χ1) is 15.2. The van der Waals surface area contributed by atoms with Gasteiger partial charge in [0.05, 0.1) is 37.0 Å². The number of nitrogens with one attached hydrogen (secondary N) is 1. The van der Waals surface area contributed by atoms with Crippen LogP contribution in [0.15, 0.2) is 29.2 Å². The number of Topliss-reactive ketones (excluding diaryl/α,β-unsaturated/α-hetero) is 1. The lowest BCUT2D eigenvalue weighted by atomic mass is 10.1. The lowest BCUT2D eigenvalue weighted by molar-refractivity contribution is 0.0463. The van der Waals surface area contributed by atoms with Crippen LogP contribution in [0, 0.1) is 12.8 Å². The van der Waals surface area contributed by atoms with Gasteiger partial charge in [0.25, 0.3) is 0 Å². The van der Waals surface area contributed by atoms with Gasteiger partial charge < -0.3 is 14.8 Å². The molecule has 1 aliphatic rings. The SMILES string of the molecule is Cc1nc(NCC(=O)c2cccc(S(=O)(=O)N3CCOCC3)c2)sc1C(=O)OCC(C)C. The van der Waals surface area contributed by atoms with E-state index in [0.29, 0.717) is 35.5 Å². The molecule has 1 aromatic heterocycles. The monoisotopic (exact) mass is 481 g/mol. The van der Waals surface area contributed by atoms with E-state index in [1.807, 2.05) is 13.8 Å². The lowest BCUT2D eigenvalue weighted by Gasteiger charge is -2.26. The maximum Gasteiger partial charge on any atom is 0.350 e. The highest BCUT2D eigenvalue weighted by atomic mass is 32.2. The fraction of sp³-hybridized carbons (Fsp3) is 0.476. The van der Waals surface area contributed by atoms with Crippen molar-refractivity contribution in [1.29, 1.82) is 0 Å². The van der Waals surface area contributed by atoms with Crippen LogP contribution in [0.1, 0.15) is 39.6 Å². The van der Waals surface area contributed by atoms with Gasteiger partial charge in [-0.2, -0.15) is 4.31 Å². The Kier molecular flexibility index (Phi) is 7.99. The minimum absolute atomic E-state index is 0.0746. The number of aryl methyl sites for hydroxylation is 1. The minimum atomic E-state index is -3.69. The quantitative estimate of drug-likeness (QED) is 0.429. The number of hydrogen-bond acceptors (Lipinski definition) is 9. The molecule has 9 nitrogen and oxygen atoms in total. The predicted molar refractivity (Wildman–Crippen MR) is 121 cm³/mol. The molecule has 0 radical (unpaired) electrons. The summed E-state index contributed by atoms with van der Waals surface area (Å²) in [6.45, 7) is 7.11. The maximum absolute atomic E-state index is 12.8. The average molecular weight is 482 g/mol. The normalized spacial score (nSPS) is 15.0. The first kappa shape index (κ1) is 24.3. The molecule has 0 atom stereocenters. The van der Waals surface area contributed by atoms with E-state index in [0.717, 1.165) is 11.3 Å². The van der Waals surface area contributed by atoms with Crippen molar-refractivity contribution in [2.45, 2.75) is 25.7 Å². The van der Waals surface area contributed by atoms with Gasteiger partial charge in [-0.25, -0.2) is 18.2 Å². The highest BCUT2D eigenvalue weighted by molar-refractivity contribution is 7.89. The second-order valence-electron chi connectivity index (χ2n) is 7.75. The van der Waals surface area contributed by atoms with E-state index in [4.69, 9.17) is 9.47 Å². The molecule has 0 spiro atoms. The van der Waals surface area contributed by atoms with E-state index in [-0.39, 0.29) is 41.8 Å². The molecule has 0 bridgehead atoms. The summed E-state index contributed by atoms with van der Waals surface area (Å²) >= 11 is 1.12. The third-order valence-corrected chi connectivity index (χ3v) is 7.68. The van der Waals surface area contributed by atoms with Gasteiger partial charge >= 0.3 is 5.97 Å². The zero-order chi connectivity index (χ0) is 23.3. The largest absolute Gasteiger partial charge is 0.461 e. The molecule has 0 aliphatic carbocycles. The minimum Gasteiger partial charge on any atom is -0.461 e. The van der Waals surface area contributed by atoms with Crippen molar-refractivity contribution >= 4 is 38.2 Å². The number of morpholine rings is 1. The lowest BCUT2D eigenvalue weighted by Crippen LogP contribution is -2.40. The zero-order valence-electron chi connectivity index (χ0n) is 18.3. The van der Waals surface area contributed by atoms with Crippen molar-refractivity contribution in [2.24, 2.45) is 5.92 Å². The van der Waals surface area contributed by atoms with Gasteiger partial charge in [-0.15, -0.1) is 0 Å². The van der Waals surface area contributed by atoms with Crippen molar-refractivity contribution < 1.29 is 27.5 Å². The second-order valence-corrected chi connectivity index (χ2v) is 10.7. The number of ether oxygens (including phenoxy) is 2. The van der Waals surface area contributed by atoms with E-state index >= 15 is 0 Å². The summed E-state index contributed by atoms with van der Waals surface area (Å²) in [5.41, 5.74) is 0.800. The second kappa shape index (κ2) is 10.5. The van der Waals surface area contributed by atoms with Crippen LogP contribution < -0.4 is 5.32 Å². The van der Waals surface area contributed by atoms with E-state index < -0.39 is 16.0 Å². The van der Waals surface area contributed by atoms with Crippen LogP contribution in [0.3, 0.4) is 0 Å². The van der Waals surface area contributed by atoms with Crippen molar-refractivity contribution in [3.63, 3.8) is 0 Å². The van der Waals surface area contributed by atoms with Crippen LogP contribution in [0.5, 0.6) is 0 Å². The van der Waals surface area contributed by atoms with Gasteiger partial charge in [0.1, 0.15) is 4.88 Å².